The Hall–Kier alpha value is -1.55. The Bertz CT molecular complexity index is 469. The monoisotopic (exact) mass is 260 g/mol. The van der Waals surface area contributed by atoms with E-state index >= 15 is 0 Å². The van der Waals surface area contributed by atoms with Crippen molar-refractivity contribution in [2.24, 2.45) is 0 Å². The van der Waals surface area contributed by atoms with E-state index in [1.807, 2.05) is 6.07 Å². The average Bonchev–Trinajstić information content (AvgIpc) is 2.79. The van der Waals surface area contributed by atoms with E-state index in [9.17, 15) is 4.79 Å². The molecule has 1 unspecified atom stereocenters. The molecule has 0 radical (unpaired) electrons. The van der Waals surface area contributed by atoms with Crippen molar-refractivity contribution in [3.8, 4) is 5.75 Å². The molecular formula is C15H20N2O2. The number of nitrogens with one attached hydrogen (secondary N) is 2. The van der Waals surface area contributed by atoms with Gasteiger partial charge >= 0.3 is 0 Å². The zero-order valence-corrected chi connectivity index (χ0v) is 11.2. The second-order valence-corrected chi connectivity index (χ2v) is 5.51. The highest BCUT2D eigenvalue weighted by atomic mass is 16.5. The van der Waals surface area contributed by atoms with Crippen molar-refractivity contribution in [2.75, 3.05) is 13.7 Å². The molecule has 1 aromatic carbocycles. The first-order valence-electron chi connectivity index (χ1n) is 6.91. The summed E-state index contributed by atoms with van der Waals surface area (Å²) in [7, 11) is 1.70. The van der Waals surface area contributed by atoms with Crippen molar-refractivity contribution in [2.45, 2.75) is 37.3 Å². The molecule has 2 aliphatic rings. The molecule has 4 nitrogen and oxygen atoms in total. The van der Waals surface area contributed by atoms with Gasteiger partial charge in [0.05, 0.1) is 7.11 Å². The van der Waals surface area contributed by atoms with Gasteiger partial charge in [-0.05, 0) is 36.5 Å². The lowest BCUT2D eigenvalue weighted by Crippen LogP contribution is -2.46. The highest BCUT2D eigenvalue weighted by Crippen LogP contribution is 2.38. The van der Waals surface area contributed by atoms with Gasteiger partial charge in [-0.2, -0.15) is 0 Å². The third-order valence-electron chi connectivity index (χ3n) is 4.15. The van der Waals surface area contributed by atoms with Gasteiger partial charge in [-0.3, -0.25) is 4.79 Å². The van der Waals surface area contributed by atoms with Gasteiger partial charge in [0.15, 0.2) is 0 Å². The van der Waals surface area contributed by atoms with Gasteiger partial charge in [0, 0.05) is 25.0 Å². The van der Waals surface area contributed by atoms with E-state index in [0.717, 1.165) is 25.1 Å². The maximum Gasteiger partial charge on any atom is 0.221 e. The molecule has 0 spiro atoms. The summed E-state index contributed by atoms with van der Waals surface area (Å²) in [5.41, 5.74) is 1.36. The van der Waals surface area contributed by atoms with Gasteiger partial charge < -0.3 is 15.4 Å². The molecule has 1 heterocycles. The Morgan fingerprint density at radius 1 is 1.32 bits per heavy atom. The van der Waals surface area contributed by atoms with Crippen LogP contribution in [0.1, 0.15) is 30.7 Å². The molecule has 3 rings (SSSR count). The van der Waals surface area contributed by atoms with Crippen LogP contribution in [0.15, 0.2) is 24.3 Å². The second-order valence-electron chi connectivity index (χ2n) is 5.51. The van der Waals surface area contributed by atoms with Crippen molar-refractivity contribution in [3.63, 3.8) is 0 Å². The van der Waals surface area contributed by atoms with Crippen LogP contribution in [0.5, 0.6) is 5.75 Å². The Morgan fingerprint density at radius 2 is 2.16 bits per heavy atom. The molecule has 4 heteroatoms. The lowest BCUT2D eigenvalue weighted by atomic mass is 9.75. The van der Waals surface area contributed by atoms with Crippen LogP contribution in [-0.4, -0.2) is 31.6 Å². The number of rotatable bonds is 4. The highest BCUT2D eigenvalue weighted by molar-refractivity contribution is 5.78. The molecule has 1 atom stereocenters. The average molecular weight is 260 g/mol. The van der Waals surface area contributed by atoms with Crippen LogP contribution >= 0.6 is 0 Å². The largest absolute Gasteiger partial charge is 0.497 e. The lowest BCUT2D eigenvalue weighted by molar-refractivity contribution is -0.119. The third-order valence-corrected chi connectivity index (χ3v) is 4.15. The number of methoxy groups -OCH3 is 1. The minimum absolute atomic E-state index is 0.168. The molecule has 2 N–H and O–H groups in total. The SMILES string of the molecule is COc1cccc(C2CC(NC3CNC(=O)C3)C2)c1. The summed E-state index contributed by atoms with van der Waals surface area (Å²) in [6.07, 6.45) is 2.93. The smallest absolute Gasteiger partial charge is 0.221 e. The van der Waals surface area contributed by atoms with Gasteiger partial charge in [-0.25, -0.2) is 0 Å². The summed E-state index contributed by atoms with van der Waals surface area (Å²) in [5, 5.41) is 6.42. The van der Waals surface area contributed by atoms with Crippen LogP contribution in [0.4, 0.5) is 0 Å². The van der Waals surface area contributed by atoms with E-state index in [0.29, 0.717) is 24.4 Å². The van der Waals surface area contributed by atoms with E-state index in [1.54, 1.807) is 7.11 Å². The molecule has 0 bridgehead atoms. The number of hydrogen-bond acceptors (Lipinski definition) is 3. The van der Waals surface area contributed by atoms with Crippen molar-refractivity contribution < 1.29 is 9.53 Å². The Balaban J connectivity index is 1.50. The fourth-order valence-electron chi connectivity index (χ4n) is 2.98. The quantitative estimate of drug-likeness (QED) is 0.861. The van der Waals surface area contributed by atoms with Crippen molar-refractivity contribution in [3.05, 3.63) is 29.8 Å². The van der Waals surface area contributed by atoms with Crippen LogP contribution in [0.3, 0.4) is 0 Å². The van der Waals surface area contributed by atoms with Gasteiger partial charge in [0.1, 0.15) is 5.75 Å². The summed E-state index contributed by atoms with van der Waals surface area (Å²) in [4.78, 5) is 11.1. The standard InChI is InChI=1S/C15H20N2O2/c1-19-14-4-2-3-10(7-14)11-5-12(6-11)17-13-8-15(18)16-9-13/h2-4,7,11-13,17H,5-6,8-9H2,1H3,(H,16,18). The molecule has 2 fully saturated rings. The third kappa shape index (κ3) is 2.73. The summed E-state index contributed by atoms with van der Waals surface area (Å²) in [5.74, 6) is 1.72. The number of amides is 1. The molecular weight excluding hydrogens is 240 g/mol. The van der Waals surface area contributed by atoms with Crippen molar-refractivity contribution in [1.29, 1.82) is 0 Å². The van der Waals surface area contributed by atoms with E-state index in [4.69, 9.17) is 4.74 Å². The Morgan fingerprint density at radius 3 is 2.84 bits per heavy atom. The van der Waals surface area contributed by atoms with E-state index in [2.05, 4.69) is 28.8 Å². The first kappa shape index (κ1) is 12.5. The molecule has 19 heavy (non-hydrogen) atoms. The molecule has 0 aromatic heterocycles. The summed E-state index contributed by atoms with van der Waals surface area (Å²) in [6, 6.07) is 9.20. The van der Waals surface area contributed by atoms with Gasteiger partial charge in [-0.1, -0.05) is 12.1 Å². The van der Waals surface area contributed by atoms with Crippen LogP contribution in [0.2, 0.25) is 0 Å². The zero-order valence-electron chi connectivity index (χ0n) is 11.2. The number of benzene rings is 1. The minimum atomic E-state index is 0.168. The normalized spacial score (nSPS) is 29.7. The first-order valence-corrected chi connectivity index (χ1v) is 6.91. The lowest BCUT2D eigenvalue weighted by Gasteiger charge is -2.38. The van der Waals surface area contributed by atoms with Gasteiger partial charge in [0.25, 0.3) is 0 Å². The van der Waals surface area contributed by atoms with E-state index < -0.39 is 0 Å². The van der Waals surface area contributed by atoms with Crippen molar-refractivity contribution in [1.82, 2.24) is 10.6 Å². The zero-order chi connectivity index (χ0) is 13.2. The minimum Gasteiger partial charge on any atom is -0.497 e. The molecule has 102 valence electrons. The van der Waals surface area contributed by atoms with Gasteiger partial charge in [0.2, 0.25) is 5.91 Å². The maximum atomic E-state index is 11.1. The Kier molecular flexibility index (Phi) is 3.42. The predicted octanol–water partition coefficient (Wildman–Crippen LogP) is 1.42. The van der Waals surface area contributed by atoms with E-state index in [1.165, 1.54) is 5.56 Å². The number of ether oxygens (including phenoxy) is 1. The fraction of sp³-hybridized carbons (Fsp3) is 0.533. The molecule has 1 aliphatic heterocycles. The van der Waals surface area contributed by atoms with Crippen LogP contribution in [0.25, 0.3) is 0 Å². The number of hydrogen-bond donors (Lipinski definition) is 2. The summed E-state index contributed by atoms with van der Waals surface area (Å²) in [6.45, 7) is 0.777. The van der Waals surface area contributed by atoms with Crippen LogP contribution in [0, 0.1) is 0 Å². The molecule has 1 aromatic rings. The fourth-order valence-corrected chi connectivity index (χ4v) is 2.98. The number of carbonyl (C=O) groups excluding carboxylic acids is 1. The summed E-state index contributed by atoms with van der Waals surface area (Å²) >= 11 is 0. The molecule has 1 saturated carbocycles. The second kappa shape index (κ2) is 5.21. The summed E-state index contributed by atoms with van der Waals surface area (Å²) < 4.78 is 5.26. The van der Waals surface area contributed by atoms with Crippen molar-refractivity contribution >= 4 is 5.91 Å². The van der Waals surface area contributed by atoms with Crippen LogP contribution < -0.4 is 15.4 Å². The van der Waals surface area contributed by atoms with Crippen LogP contribution in [-0.2, 0) is 4.79 Å². The Labute approximate surface area is 113 Å². The topological polar surface area (TPSA) is 50.4 Å². The van der Waals surface area contributed by atoms with Gasteiger partial charge in [-0.15, -0.1) is 0 Å². The molecule has 1 saturated heterocycles. The highest BCUT2D eigenvalue weighted by Gasteiger charge is 2.33. The number of carbonyl (C=O) groups is 1. The molecule has 1 aliphatic carbocycles. The van der Waals surface area contributed by atoms with E-state index in [-0.39, 0.29) is 5.91 Å². The molecule has 1 amide bonds. The maximum absolute atomic E-state index is 11.1. The predicted molar refractivity (Wildman–Crippen MR) is 73.3 cm³/mol. The first-order chi connectivity index (χ1) is 9.24.